The van der Waals surface area contributed by atoms with E-state index in [1.807, 2.05) is 0 Å². The SMILES string of the molecule is CC(C)C(=O)NCCNC(=O)COc1cccc(F)c1. The Morgan fingerprint density at radius 2 is 1.95 bits per heavy atom. The van der Waals surface area contributed by atoms with E-state index in [1.165, 1.54) is 18.2 Å². The van der Waals surface area contributed by atoms with Crippen molar-refractivity contribution in [2.24, 2.45) is 5.92 Å². The van der Waals surface area contributed by atoms with E-state index in [4.69, 9.17) is 4.74 Å². The number of halogens is 1. The minimum absolute atomic E-state index is 0.0599. The molecule has 0 fully saturated rings. The van der Waals surface area contributed by atoms with Gasteiger partial charge in [0.05, 0.1) is 0 Å². The van der Waals surface area contributed by atoms with E-state index < -0.39 is 5.82 Å². The molecule has 0 aromatic heterocycles. The van der Waals surface area contributed by atoms with E-state index >= 15 is 0 Å². The lowest BCUT2D eigenvalue weighted by molar-refractivity contribution is -0.125. The highest BCUT2D eigenvalue weighted by Gasteiger charge is 2.06. The zero-order valence-electron chi connectivity index (χ0n) is 11.6. The van der Waals surface area contributed by atoms with Crippen LogP contribution in [-0.2, 0) is 9.59 Å². The van der Waals surface area contributed by atoms with Crippen molar-refractivity contribution in [3.8, 4) is 5.75 Å². The van der Waals surface area contributed by atoms with Gasteiger partial charge in [-0.1, -0.05) is 19.9 Å². The fourth-order valence-electron chi connectivity index (χ4n) is 1.35. The summed E-state index contributed by atoms with van der Waals surface area (Å²) >= 11 is 0. The van der Waals surface area contributed by atoms with Crippen molar-refractivity contribution in [3.05, 3.63) is 30.1 Å². The molecule has 20 heavy (non-hydrogen) atoms. The van der Waals surface area contributed by atoms with Gasteiger partial charge in [-0.15, -0.1) is 0 Å². The largest absolute Gasteiger partial charge is 0.484 e. The minimum atomic E-state index is -0.417. The predicted octanol–water partition coefficient (Wildman–Crippen LogP) is 1.09. The average molecular weight is 282 g/mol. The number of nitrogens with one attached hydrogen (secondary N) is 2. The van der Waals surface area contributed by atoms with Gasteiger partial charge in [0.25, 0.3) is 5.91 Å². The molecule has 2 N–H and O–H groups in total. The van der Waals surface area contributed by atoms with Gasteiger partial charge in [0, 0.05) is 25.1 Å². The summed E-state index contributed by atoms with van der Waals surface area (Å²) in [7, 11) is 0. The van der Waals surface area contributed by atoms with Gasteiger partial charge in [0.15, 0.2) is 6.61 Å². The summed E-state index contributed by atoms with van der Waals surface area (Å²) in [6.45, 7) is 4.08. The van der Waals surface area contributed by atoms with Crippen LogP contribution in [0.15, 0.2) is 24.3 Å². The van der Waals surface area contributed by atoms with E-state index in [0.29, 0.717) is 18.8 Å². The Balaban J connectivity index is 2.16. The number of hydrogen-bond acceptors (Lipinski definition) is 3. The van der Waals surface area contributed by atoms with E-state index in [-0.39, 0.29) is 24.3 Å². The first-order chi connectivity index (χ1) is 9.49. The number of carbonyl (C=O) groups excluding carboxylic acids is 2. The second kappa shape index (κ2) is 8.14. The minimum Gasteiger partial charge on any atom is -0.484 e. The Bertz CT molecular complexity index is 463. The van der Waals surface area contributed by atoms with Gasteiger partial charge in [-0.25, -0.2) is 4.39 Å². The lowest BCUT2D eigenvalue weighted by Gasteiger charge is -2.09. The van der Waals surface area contributed by atoms with Crippen LogP contribution in [0.3, 0.4) is 0 Å². The molecule has 0 saturated carbocycles. The molecule has 5 nitrogen and oxygen atoms in total. The molecule has 6 heteroatoms. The van der Waals surface area contributed by atoms with Crippen molar-refractivity contribution in [1.82, 2.24) is 10.6 Å². The monoisotopic (exact) mass is 282 g/mol. The van der Waals surface area contributed by atoms with Crippen molar-refractivity contribution < 1.29 is 18.7 Å². The molecule has 1 aromatic carbocycles. The van der Waals surface area contributed by atoms with Crippen molar-refractivity contribution in [1.29, 1.82) is 0 Å². The number of ether oxygens (including phenoxy) is 1. The topological polar surface area (TPSA) is 67.4 Å². The molecular weight excluding hydrogens is 263 g/mol. The normalized spacial score (nSPS) is 10.2. The second-order valence-corrected chi connectivity index (χ2v) is 4.54. The maximum Gasteiger partial charge on any atom is 0.258 e. The van der Waals surface area contributed by atoms with Gasteiger partial charge < -0.3 is 15.4 Å². The third-order valence-electron chi connectivity index (χ3n) is 2.44. The van der Waals surface area contributed by atoms with Crippen LogP contribution < -0.4 is 15.4 Å². The van der Waals surface area contributed by atoms with E-state index in [2.05, 4.69) is 10.6 Å². The first-order valence-electron chi connectivity index (χ1n) is 6.42. The molecule has 0 spiro atoms. The van der Waals surface area contributed by atoms with Crippen LogP contribution in [0.4, 0.5) is 4.39 Å². The van der Waals surface area contributed by atoms with E-state index in [0.717, 1.165) is 0 Å². The number of rotatable bonds is 7. The molecule has 0 atom stereocenters. The van der Waals surface area contributed by atoms with Crippen LogP contribution in [-0.4, -0.2) is 31.5 Å². The van der Waals surface area contributed by atoms with Crippen LogP contribution in [0.5, 0.6) is 5.75 Å². The molecule has 0 heterocycles. The van der Waals surface area contributed by atoms with Crippen molar-refractivity contribution >= 4 is 11.8 Å². The standard InChI is InChI=1S/C14H19FN2O3/c1-10(2)14(19)17-7-6-16-13(18)9-20-12-5-3-4-11(15)8-12/h3-5,8,10H,6-7,9H2,1-2H3,(H,16,18)(H,17,19). The van der Waals surface area contributed by atoms with E-state index in [1.54, 1.807) is 19.9 Å². The zero-order chi connectivity index (χ0) is 15.0. The molecule has 0 aliphatic heterocycles. The number of amides is 2. The summed E-state index contributed by atoms with van der Waals surface area (Å²) in [5.74, 6) is -0.585. The molecule has 0 saturated heterocycles. The molecule has 0 aliphatic rings. The van der Waals surface area contributed by atoms with Gasteiger partial charge in [-0.05, 0) is 12.1 Å². The Morgan fingerprint density at radius 3 is 2.60 bits per heavy atom. The fraction of sp³-hybridized carbons (Fsp3) is 0.429. The molecule has 0 bridgehead atoms. The van der Waals surface area contributed by atoms with Crippen LogP contribution >= 0.6 is 0 Å². The lowest BCUT2D eigenvalue weighted by atomic mass is 10.2. The average Bonchev–Trinajstić information content (AvgIpc) is 2.41. The quantitative estimate of drug-likeness (QED) is 0.736. The molecule has 0 unspecified atom stereocenters. The van der Waals surface area contributed by atoms with Gasteiger partial charge >= 0.3 is 0 Å². The highest BCUT2D eigenvalue weighted by Crippen LogP contribution is 2.11. The summed E-state index contributed by atoms with van der Waals surface area (Å²) in [5.41, 5.74) is 0. The smallest absolute Gasteiger partial charge is 0.258 e. The first kappa shape index (κ1) is 15.9. The molecule has 1 rings (SSSR count). The molecule has 1 aromatic rings. The third-order valence-corrected chi connectivity index (χ3v) is 2.44. The molecule has 0 radical (unpaired) electrons. The summed E-state index contributed by atoms with van der Waals surface area (Å²) < 4.78 is 18.0. The first-order valence-corrected chi connectivity index (χ1v) is 6.42. The molecule has 110 valence electrons. The highest BCUT2D eigenvalue weighted by atomic mass is 19.1. The molecule has 2 amide bonds. The maximum atomic E-state index is 12.9. The zero-order valence-corrected chi connectivity index (χ0v) is 11.6. The summed E-state index contributed by atoms with van der Waals surface area (Å²) in [4.78, 5) is 22.7. The summed E-state index contributed by atoms with van der Waals surface area (Å²) in [6.07, 6.45) is 0. The van der Waals surface area contributed by atoms with Crippen molar-refractivity contribution in [2.75, 3.05) is 19.7 Å². The van der Waals surface area contributed by atoms with Gasteiger partial charge in [-0.3, -0.25) is 9.59 Å². The Morgan fingerprint density at radius 1 is 1.25 bits per heavy atom. The summed E-state index contributed by atoms with van der Waals surface area (Å²) in [5, 5.41) is 5.26. The van der Waals surface area contributed by atoms with Crippen molar-refractivity contribution in [3.63, 3.8) is 0 Å². The van der Waals surface area contributed by atoms with Crippen LogP contribution in [0.25, 0.3) is 0 Å². The fourth-order valence-corrected chi connectivity index (χ4v) is 1.35. The Kier molecular flexibility index (Phi) is 6.49. The number of carbonyl (C=O) groups is 2. The molecular formula is C14H19FN2O3. The van der Waals surface area contributed by atoms with Gasteiger partial charge in [0.1, 0.15) is 11.6 Å². The van der Waals surface area contributed by atoms with Gasteiger partial charge in [-0.2, -0.15) is 0 Å². The predicted molar refractivity (Wildman–Crippen MR) is 72.8 cm³/mol. The number of benzene rings is 1. The van der Waals surface area contributed by atoms with E-state index in [9.17, 15) is 14.0 Å². The Hall–Kier alpha value is -2.11. The lowest BCUT2D eigenvalue weighted by Crippen LogP contribution is -2.38. The number of hydrogen-bond donors (Lipinski definition) is 2. The maximum absolute atomic E-state index is 12.9. The van der Waals surface area contributed by atoms with Crippen LogP contribution in [0, 0.1) is 11.7 Å². The highest BCUT2D eigenvalue weighted by molar-refractivity contribution is 5.78. The summed E-state index contributed by atoms with van der Waals surface area (Å²) in [6, 6.07) is 5.57. The second-order valence-electron chi connectivity index (χ2n) is 4.54. The third kappa shape index (κ3) is 6.17. The van der Waals surface area contributed by atoms with Crippen molar-refractivity contribution in [2.45, 2.75) is 13.8 Å². The van der Waals surface area contributed by atoms with Crippen LogP contribution in [0.2, 0.25) is 0 Å². The Labute approximate surface area is 117 Å². The van der Waals surface area contributed by atoms with Crippen LogP contribution in [0.1, 0.15) is 13.8 Å². The van der Waals surface area contributed by atoms with Gasteiger partial charge in [0.2, 0.25) is 5.91 Å². The molecule has 0 aliphatic carbocycles.